The topological polar surface area (TPSA) is 55.8 Å². The van der Waals surface area contributed by atoms with Gasteiger partial charge in [-0.05, 0) is 27.9 Å². The van der Waals surface area contributed by atoms with E-state index in [0.717, 1.165) is 4.90 Å². The van der Waals surface area contributed by atoms with E-state index in [0.29, 0.717) is 0 Å². The van der Waals surface area contributed by atoms with E-state index < -0.39 is 30.3 Å². The molecule has 0 aromatic carbocycles. The summed E-state index contributed by atoms with van der Waals surface area (Å²) < 4.78 is 36.5. The van der Waals surface area contributed by atoms with E-state index in [-0.39, 0.29) is 13.2 Å². The Hall–Kier alpha value is -1.24. The molecule has 1 atom stereocenters. The molecule has 0 fully saturated rings. The highest BCUT2D eigenvalue weighted by Gasteiger charge is 2.50. The average molecular weight is 267 g/mol. The molecule has 0 rings (SSSR count). The Kier molecular flexibility index (Phi) is 6.75. The monoisotopic (exact) mass is 267 g/mol. The maximum atomic E-state index is 13.8. The fourth-order valence-corrected chi connectivity index (χ4v) is 1.38. The molecular weight excluding hydrogens is 248 g/mol. The van der Waals surface area contributed by atoms with Crippen LogP contribution in [0.5, 0.6) is 0 Å². The molecule has 106 valence electrons. The molecule has 0 radical (unpaired) electrons. The molecule has 1 unspecified atom stereocenters. The number of hydrogen-bond donors (Lipinski definition) is 0. The lowest BCUT2D eigenvalue weighted by atomic mass is 10.1. The van der Waals surface area contributed by atoms with Crippen molar-refractivity contribution in [2.24, 2.45) is 0 Å². The van der Waals surface area contributed by atoms with Gasteiger partial charge in [0.05, 0.1) is 25.7 Å². The smallest absolute Gasteiger partial charge is 0.378 e. The minimum absolute atomic E-state index is 0.101. The quantitative estimate of drug-likeness (QED) is 0.646. The summed E-state index contributed by atoms with van der Waals surface area (Å²) in [6, 6.07) is -1.59. The lowest BCUT2D eigenvalue weighted by Crippen LogP contribution is -2.51. The second kappa shape index (κ2) is 7.25. The second-order valence-electron chi connectivity index (χ2n) is 3.83. The highest BCUT2D eigenvalue weighted by Crippen LogP contribution is 2.26. The summed E-state index contributed by atoms with van der Waals surface area (Å²) in [5.74, 6) is -6.17. The molecule has 0 aromatic heterocycles. The minimum atomic E-state index is -3.76. The van der Waals surface area contributed by atoms with Crippen LogP contribution in [0.25, 0.3) is 0 Å². The average Bonchev–Trinajstić information content (AvgIpc) is 2.26. The van der Waals surface area contributed by atoms with E-state index in [1.807, 2.05) is 0 Å². The summed E-state index contributed by atoms with van der Waals surface area (Å²) in [6.45, 7) is 2.97. The molecule has 7 heteroatoms. The number of nitrogens with zero attached hydrogens (tertiary/aromatic N) is 1. The number of halogens is 2. The molecule has 0 bridgehead atoms. The number of carbonyl (C=O) groups is 2. The first-order valence-electron chi connectivity index (χ1n) is 5.64. The van der Waals surface area contributed by atoms with Crippen LogP contribution in [0.2, 0.25) is 0 Å². The van der Waals surface area contributed by atoms with Crippen molar-refractivity contribution in [2.75, 3.05) is 27.3 Å². The van der Waals surface area contributed by atoms with Gasteiger partial charge < -0.3 is 9.47 Å². The van der Waals surface area contributed by atoms with Crippen molar-refractivity contribution in [3.63, 3.8) is 0 Å². The van der Waals surface area contributed by atoms with Gasteiger partial charge in [-0.25, -0.2) is 4.79 Å². The van der Waals surface area contributed by atoms with E-state index >= 15 is 0 Å². The van der Waals surface area contributed by atoms with Crippen molar-refractivity contribution in [2.45, 2.75) is 32.2 Å². The first-order valence-corrected chi connectivity index (χ1v) is 5.64. The highest BCUT2D eigenvalue weighted by atomic mass is 19.3. The Labute approximate surface area is 105 Å². The maximum Gasteiger partial charge on any atom is 0.378 e. The molecule has 0 aromatic rings. The summed E-state index contributed by atoms with van der Waals surface area (Å²) in [5, 5.41) is 0. The van der Waals surface area contributed by atoms with E-state index in [1.54, 1.807) is 6.92 Å². The van der Waals surface area contributed by atoms with Gasteiger partial charge in [-0.2, -0.15) is 8.78 Å². The molecule has 0 heterocycles. The summed E-state index contributed by atoms with van der Waals surface area (Å²) in [7, 11) is 2.72. The van der Waals surface area contributed by atoms with Crippen LogP contribution < -0.4 is 0 Å². The van der Waals surface area contributed by atoms with Crippen molar-refractivity contribution in [3.8, 4) is 0 Å². The van der Waals surface area contributed by atoms with Gasteiger partial charge in [0.15, 0.2) is 0 Å². The normalized spacial score (nSPS) is 13.3. The maximum absolute atomic E-state index is 13.8. The highest BCUT2D eigenvalue weighted by molar-refractivity contribution is 5.80. The van der Waals surface area contributed by atoms with Crippen LogP contribution in [0.3, 0.4) is 0 Å². The van der Waals surface area contributed by atoms with Gasteiger partial charge in [0.2, 0.25) is 0 Å². The predicted octanol–water partition coefficient (Wildman–Crippen LogP) is 1.07. The molecule has 0 saturated heterocycles. The van der Waals surface area contributed by atoms with Gasteiger partial charge in [0.25, 0.3) is 0 Å². The van der Waals surface area contributed by atoms with Gasteiger partial charge in [-0.15, -0.1) is 0 Å². The van der Waals surface area contributed by atoms with Crippen LogP contribution in [0, 0.1) is 0 Å². The first-order chi connectivity index (χ1) is 8.27. The van der Waals surface area contributed by atoms with E-state index in [2.05, 4.69) is 9.47 Å². The van der Waals surface area contributed by atoms with Gasteiger partial charge in [0.1, 0.15) is 0 Å². The van der Waals surface area contributed by atoms with E-state index in [1.165, 1.54) is 21.0 Å². The van der Waals surface area contributed by atoms with E-state index in [9.17, 15) is 18.4 Å². The van der Waals surface area contributed by atoms with Crippen LogP contribution in [0.4, 0.5) is 8.78 Å². The lowest BCUT2D eigenvalue weighted by molar-refractivity contribution is -0.182. The molecule has 0 aliphatic rings. The Morgan fingerprint density at radius 3 is 2.06 bits per heavy atom. The summed E-state index contributed by atoms with van der Waals surface area (Å²) in [5.41, 5.74) is 0. The SMILES string of the molecule is CCOC(=O)CC(N(C)C)C(F)(F)C(=O)OCC. The molecule has 0 saturated carbocycles. The third-order valence-corrected chi connectivity index (χ3v) is 2.25. The fraction of sp³-hybridized carbons (Fsp3) is 0.818. The fourth-order valence-electron chi connectivity index (χ4n) is 1.38. The number of esters is 2. The number of carbonyl (C=O) groups excluding carboxylic acids is 2. The largest absolute Gasteiger partial charge is 0.466 e. The Balaban J connectivity index is 4.87. The predicted molar refractivity (Wildman–Crippen MR) is 60.3 cm³/mol. The number of ether oxygens (including phenoxy) is 2. The second-order valence-corrected chi connectivity index (χ2v) is 3.83. The molecular formula is C11H19F2NO4. The molecule has 0 spiro atoms. The number of rotatable bonds is 7. The van der Waals surface area contributed by atoms with Gasteiger partial charge in [-0.1, -0.05) is 0 Å². The molecule has 0 aliphatic carbocycles. The lowest BCUT2D eigenvalue weighted by Gasteiger charge is -2.29. The number of hydrogen-bond acceptors (Lipinski definition) is 5. The Morgan fingerprint density at radius 2 is 1.67 bits per heavy atom. The molecule has 0 amide bonds. The van der Waals surface area contributed by atoms with Gasteiger partial charge >= 0.3 is 17.9 Å². The summed E-state index contributed by atoms with van der Waals surface area (Å²) in [4.78, 5) is 23.6. The third kappa shape index (κ3) is 4.56. The zero-order valence-corrected chi connectivity index (χ0v) is 11.0. The third-order valence-electron chi connectivity index (χ3n) is 2.25. The molecule has 0 aliphatic heterocycles. The summed E-state index contributed by atoms with van der Waals surface area (Å²) in [6.07, 6.45) is -0.577. The molecule has 5 nitrogen and oxygen atoms in total. The van der Waals surface area contributed by atoms with Crippen molar-refractivity contribution in [1.82, 2.24) is 4.90 Å². The summed E-state index contributed by atoms with van der Waals surface area (Å²) >= 11 is 0. The molecule has 0 N–H and O–H groups in total. The number of alkyl halides is 2. The van der Waals surface area contributed by atoms with Crippen LogP contribution in [0.15, 0.2) is 0 Å². The van der Waals surface area contributed by atoms with Crippen LogP contribution in [-0.4, -0.2) is 56.1 Å². The Morgan fingerprint density at radius 1 is 1.17 bits per heavy atom. The van der Waals surface area contributed by atoms with Gasteiger partial charge in [0, 0.05) is 0 Å². The first kappa shape index (κ1) is 16.8. The van der Waals surface area contributed by atoms with E-state index in [4.69, 9.17) is 0 Å². The van der Waals surface area contributed by atoms with Gasteiger partial charge in [-0.3, -0.25) is 9.69 Å². The van der Waals surface area contributed by atoms with Crippen LogP contribution in [0.1, 0.15) is 20.3 Å². The standard InChI is InChI=1S/C11H19F2NO4/c1-5-17-9(15)7-8(14(3)4)11(12,13)10(16)18-6-2/h8H,5-7H2,1-4H3. The van der Waals surface area contributed by atoms with Crippen molar-refractivity contribution < 1.29 is 27.8 Å². The molecule has 18 heavy (non-hydrogen) atoms. The zero-order valence-electron chi connectivity index (χ0n) is 11.0. The van der Waals surface area contributed by atoms with Crippen molar-refractivity contribution in [3.05, 3.63) is 0 Å². The minimum Gasteiger partial charge on any atom is -0.466 e. The van der Waals surface area contributed by atoms with Crippen molar-refractivity contribution >= 4 is 11.9 Å². The zero-order chi connectivity index (χ0) is 14.3. The van der Waals surface area contributed by atoms with Crippen LogP contribution in [-0.2, 0) is 19.1 Å². The van der Waals surface area contributed by atoms with Crippen molar-refractivity contribution in [1.29, 1.82) is 0 Å². The van der Waals surface area contributed by atoms with Crippen LogP contribution >= 0.6 is 0 Å². The Bertz CT molecular complexity index is 295.